The number of ether oxygens (including phenoxy) is 2. The van der Waals surface area contributed by atoms with Crippen molar-refractivity contribution >= 4 is 23.5 Å². The summed E-state index contributed by atoms with van der Waals surface area (Å²) >= 11 is 1.65. The molecule has 7 heteroatoms. The van der Waals surface area contributed by atoms with E-state index in [1.807, 2.05) is 6.92 Å². The van der Waals surface area contributed by atoms with Crippen LogP contribution in [0.3, 0.4) is 0 Å². The van der Waals surface area contributed by atoms with Crippen LogP contribution in [0.25, 0.3) is 0 Å². The van der Waals surface area contributed by atoms with Gasteiger partial charge in [0.1, 0.15) is 17.2 Å². The number of carboxylic acid groups (broad SMARTS) is 1. The molecule has 0 fully saturated rings. The molecule has 0 saturated carbocycles. The lowest BCUT2D eigenvalue weighted by Crippen LogP contribution is -2.07. The predicted octanol–water partition coefficient (Wildman–Crippen LogP) is 4.88. The highest BCUT2D eigenvalue weighted by Crippen LogP contribution is 2.31. The third-order valence-electron chi connectivity index (χ3n) is 4.64. The van der Waals surface area contributed by atoms with Gasteiger partial charge in [0.05, 0.1) is 24.3 Å². The molecule has 0 amide bonds. The molecule has 2 N–H and O–H groups in total. The highest BCUT2D eigenvalue weighted by Gasteiger charge is 2.15. The second kappa shape index (κ2) is 11.5. The second-order valence-corrected chi connectivity index (χ2v) is 8.03. The van der Waals surface area contributed by atoms with Crippen molar-refractivity contribution in [1.29, 1.82) is 0 Å². The van der Waals surface area contributed by atoms with Crippen LogP contribution >= 0.6 is 11.8 Å². The first kappa shape index (κ1) is 23.6. The van der Waals surface area contributed by atoms with Gasteiger partial charge in [-0.15, -0.1) is 0 Å². The van der Waals surface area contributed by atoms with Crippen LogP contribution in [0.15, 0.2) is 30.3 Å². The minimum absolute atomic E-state index is 0.00837. The maximum absolute atomic E-state index is 12.0. The SMILES string of the molecule is CCCC(=O)c1ccc(OCCSCCOc2cccc(C(=O)O)c2C)c(C)c1O. The van der Waals surface area contributed by atoms with Crippen molar-refractivity contribution in [1.82, 2.24) is 0 Å². The molecule has 0 radical (unpaired) electrons. The molecule has 2 rings (SSSR count). The number of phenolic OH excluding ortho intramolecular Hbond substituents is 1. The Kier molecular flexibility index (Phi) is 9.05. The van der Waals surface area contributed by atoms with Gasteiger partial charge in [-0.05, 0) is 44.5 Å². The quantitative estimate of drug-likeness (QED) is 0.365. The Morgan fingerprint density at radius 2 is 1.57 bits per heavy atom. The summed E-state index contributed by atoms with van der Waals surface area (Å²) < 4.78 is 11.4. The van der Waals surface area contributed by atoms with Gasteiger partial charge in [0, 0.05) is 29.1 Å². The lowest BCUT2D eigenvalue weighted by atomic mass is 10.0. The molecule has 0 bridgehead atoms. The number of phenols is 1. The Balaban J connectivity index is 1.75. The van der Waals surface area contributed by atoms with E-state index in [2.05, 4.69) is 0 Å². The lowest BCUT2D eigenvalue weighted by Gasteiger charge is -2.13. The van der Waals surface area contributed by atoms with Crippen LogP contribution in [0.2, 0.25) is 0 Å². The average molecular weight is 433 g/mol. The van der Waals surface area contributed by atoms with Gasteiger partial charge in [0.15, 0.2) is 5.78 Å². The van der Waals surface area contributed by atoms with Crippen molar-refractivity contribution in [2.75, 3.05) is 24.7 Å². The monoisotopic (exact) mass is 432 g/mol. The molecule has 2 aromatic carbocycles. The smallest absolute Gasteiger partial charge is 0.336 e. The molecule has 0 aliphatic carbocycles. The first-order chi connectivity index (χ1) is 14.4. The molecule has 0 aliphatic rings. The fraction of sp³-hybridized carbons (Fsp3) is 0.391. The van der Waals surface area contributed by atoms with Crippen LogP contribution in [-0.2, 0) is 0 Å². The molecule has 6 nitrogen and oxygen atoms in total. The van der Waals surface area contributed by atoms with Gasteiger partial charge in [-0.25, -0.2) is 4.79 Å². The number of hydrogen-bond acceptors (Lipinski definition) is 6. The molecule has 0 atom stereocenters. The maximum atomic E-state index is 12.0. The van der Waals surface area contributed by atoms with E-state index in [4.69, 9.17) is 14.6 Å². The summed E-state index contributed by atoms with van der Waals surface area (Å²) in [5.41, 5.74) is 1.78. The van der Waals surface area contributed by atoms with Crippen LogP contribution < -0.4 is 9.47 Å². The molecule has 0 aliphatic heterocycles. The number of aromatic hydroxyl groups is 1. The minimum Gasteiger partial charge on any atom is -0.507 e. The summed E-state index contributed by atoms with van der Waals surface area (Å²) in [4.78, 5) is 23.2. The van der Waals surface area contributed by atoms with Crippen molar-refractivity contribution in [3.05, 3.63) is 52.6 Å². The van der Waals surface area contributed by atoms with Crippen LogP contribution in [0, 0.1) is 13.8 Å². The summed E-state index contributed by atoms with van der Waals surface area (Å²) in [6.07, 6.45) is 1.15. The van der Waals surface area contributed by atoms with Gasteiger partial charge >= 0.3 is 5.97 Å². The van der Waals surface area contributed by atoms with Gasteiger partial charge in [-0.3, -0.25) is 4.79 Å². The lowest BCUT2D eigenvalue weighted by molar-refractivity contribution is 0.0695. The van der Waals surface area contributed by atoms with E-state index in [0.29, 0.717) is 47.8 Å². The molecule has 0 heterocycles. The summed E-state index contributed by atoms with van der Waals surface area (Å²) in [7, 11) is 0. The molecular weight excluding hydrogens is 404 g/mol. The number of hydrogen-bond donors (Lipinski definition) is 2. The molecule has 162 valence electrons. The van der Waals surface area contributed by atoms with Gasteiger partial charge in [0.2, 0.25) is 0 Å². The first-order valence-electron chi connectivity index (χ1n) is 9.88. The third kappa shape index (κ3) is 6.16. The number of carboxylic acids is 1. The Morgan fingerprint density at radius 1 is 0.933 bits per heavy atom. The molecule has 0 unspecified atom stereocenters. The van der Waals surface area contributed by atoms with Crippen molar-refractivity contribution in [3.63, 3.8) is 0 Å². The van der Waals surface area contributed by atoms with E-state index < -0.39 is 5.97 Å². The topological polar surface area (TPSA) is 93.1 Å². The number of ketones is 1. The van der Waals surface area contributed by atoms with E-state index >= 15 is 0 Å². The minimum atomic E-state index is -0.964. The van der Waals surface area contributed by atoms with Gasteiger partial charge in [-0.2, -0.15) is 11.8 Å². The number of Topliss-reactive ketones (excluding diaryl/α,β-unsaturated/α-hetero) is 1. The van der Waals surface area contributed by atoms with Crippen LogP contribution in [0.5, 0.6) is 17.2 Å². The number of benzene rings is 2. The number of thioether (sulfide) groups is 1. The van der Waals surface area contributed by atoms with Crippen LogP contribution in [0.4, 0.5) is 0 Å². The number of carbonyl (C=O) groups is 2. The molecule has 0 spiro atoms. The zero-order valence-corrected chi connectivity index (χ0v) is 18.4. The Labute approximate surface area is 181 Å². The Bertz CT molecular complexity index is 894. The van der Waals surface area contributed by atoms with Crippen molar-refractivity contribution in [3.8, 4) is 17.2 Å². The second-order valence-electron chi connectivity index (χ2n) is 6.80. The average Bonchev–Trinajstić information content (AvgIpc) is 2.71. The van der Waals surface area contributed by atoms with E-state index in [0.717, 1.165) is 17.9 Å². The van der Waals surface area contributed by atoms with E-state index in [9.17, 15) is 14.7 Å². The van der Waals surface area contributed by atoms with Crippen molar-refractivity contribution in [2.45, 2.75) is 33.6 Å². The normalized spacial score (nSPS) is 10.6. The van der Waals surface area contributed by atoms with Crippen LogP contribution in [0.1, 0.15) is 51.6 Å². The summed E-state index contributed by atoms with van der Waals surface area (Å²) in [5.74, 6) is 1.57. The number of rotatable bonds is 12. The predicted molar refractivity (Wildman–Crippen MR) is 119 cm³/mol. The van der Waals surface area contributed by atoms with Crippen molar-refractivity contribution in [2.24, 2.45) is 0 Å². The van der Waals surface area contributed by atoms with E-state index in [1.165, 1.54) is 0 Å². The highest BCUT2D eigenvalue weighted by molar-refractivity contribution is 7.99. The number of carbonyl (C=O) groups excluding carboxylic acids is 1. The van der Waals surface area contributed by atoms with Crippen LogP contribution in [-0.4, -0.2) is 46.7 Å². The van der Waals surface area contributed by atoms with Crippen molar-refractivity contribution < 1.29 is 29.3 Å². The number of aromatic carboxylic acids is 1. The van der Waals surface area contributed by atoms with Gasteiger partial charge in [0.25, 0.3) is 0 Å². The Morgan fingerprint density at radius 3 is 2.17 bits per heavy atom. The van der Waals surface area contributed by atoms with E-state index in [-0.39, 0.29) is 17.1 Å². The van der Waals surface area contributed by atoms with Gasteiger partial charge < -0.3 is 19.7 Å². The fourth-order valence-corrected chi connectivity index (χ4v) is 3.56. The molecule has 0 aromatic heterocycles. The molecule has 0 saturated heterocycles. The summed E-state index contributed by atoms with van der Waals surface area (Å²) in [5, 5.41) is 19.4. The fourth-order valence-electron chi connectivity index (χ4n) is 2.95. The van der Waals surface area contributed by atoms with E-state index in [1.54, 1.807) is 55.9 Å². The van der Waals surface area contributed by atoms with Gasteiger partial charge in [-0.1, -0.05) is 13.0 Å². The highest BCUT2D eigenvalue weighted by atomic mass is 32.2. The maximum Gasteiger partial charge on any atom is 0.336 e. The molecule has 2 aromatic rings. The first-order valence-corrected chi connectivity index (χ1v) is 11.0. The molecule has 30 heavy (non-hydrogen) atoms. The largest absolute Gasteiger partial charge is 0.507 e. The zero-order chi connectivity index (χ0) is 22.1. The molecular formula is C23H28O6S. The summed E-state index contributed by atoms with van der Waals surface area (Å²) in [6.45, 7) is 6.32. The third-order valence-corrected chi connectivity index (χ3v) is 5.55. The Hall–Kier alpha value is -2.67. The standard InChI is InChI=1S/C23H28O6S/c1-4-6-19(24)18-9-10-21(16(3)22(18)25)29-12-14-30-13-11-28-20-8-5-7-17(15(20)2)23(26)27/h5,7-10,25H,4,6,11-14H2,1-3H3,(H,26,27). The summed E-state index contributed by atoms with van der Waals surface area (Å²) in [6, 6.07) is 8.34. The zero-order valence-electron chi connectivity index (χ0n) is 17.6.